The Balaban J connectivity index is 1.83. The molecule has 0 radical (unpaired) electrons. The second-order valence-corrected chi connectivity index (χ2v) is 7.89. The first-order valence-corrected chi connectivity index (χ1v) is 8.96. The average molecular weight is 309 g/mol. The molecule has 2 heterocycles. The Morgan fingerprint density at radius 2 is 2.29 bits per heavy atom. The van der Waals surface area contributed by atoms with Gasteiger partial charge >= 0.3 is 0 Å². The molecule has 1 N–H and O–H groups in total. The number of fused-ring (bicyclic) bond motifs is 1. The van der Waals surface area contributed by atoms with Crippen molar-refractivity contribution in [3.05, 3.63) is 10.6 Å². The average Bonchev–Trinajstić information content (AvgIpc) is 2.81. The maximum atomic E-state index is 6.01. The number of rotatable bonds is 3. The number of aryl methyl sites for hydroxylation is 1. The van der Waals surface area contributed by atoms with E-state index < -0.39 is 0 Å². The maximum absolute atomic E-state index is 6.01. The lowest BCUT2D eigenvalue weighted by molar-refractivity contribution is -0.0749. The van der Waals surface area contributed by atoms with E-state index in [2.05, 4.69) is 37.9 Å². The first kappa shape index (κ1) is 15.3. The third-order valence-electron chi connectivity index (χ3n) is 4.23. The van der Waals surface area contributed by atoms with Gasteiger partial charge in [-0.05, 0) is 46.6 Å². The molecule has 4 nitrogen and oxygen atoms in total. The van der Waals surface area contributed by atoms with Crippen LogP contribution in [-0.2, 0) is 11.2 Å². The molecule has 1 aliphatic heterocycles. The molecule has 2 aliphatic rings. The van der Waals surface area contributed by atoms with Gasteiger partial charge in [-0.25, -0.2) is 4.98 Å². The van der Waals surface area contributed by atoms with E-state index in [1.165, 1.54) is 28.5 Å². The van der Waals surface area contributed by atoms with Crippen LogP contribution in [-0.4, -0.2) is 36.3 Å². The molecule has 1 aromatic heterocycles. The summed E-state index contributed by atoms with van der Waals surface area (Å²) in [6, 6.07) is 0.511. The number of anilines is 1. The summed E-state index contributed by atoms with van der Waals surface area (Å²) in [5, 5.41) is 4.80. The lowest BCUT2D eigenvalue weighted by Crippen LogP contribution is -2.52. The van der Waals surface area contributed by atoms with Gasteiger partial charge < -0.3 is 15.0 Å². The molecule has 1 aliphatic carbocycles. The van der Waals surface area contributed by atoms with E-state index in [4.69, 9.17) is 9.72 Å². The zero-order chi connectivity index (χ0) is 15.0. The number of aromatic nitrogens is 1. The molecule has 0 spiro atoms. The molecule has 0 aromatic carbocycles. The fourth-order valence-electron chi connectivity index (χ4n) is 3.58. The van der Waals surface area contributed by atoms with Crippen molar-refractivity contribution in [2.24, 2.45) is 0 Å². The van der Waals surface area contributed by atoms with Crippen LogP contribution in [0.3, 0.4) is 0 Å². The molecule has 118 valence electrons. The zero-order valence-corrected chi connectivity index (χ0v) is 14.4. The number of morpholine rings is 1. The van der Waals surface area contributed by atoms with Crippen molar-refractivity contribution in [2.75, 3.05) is 24.5 Å². The third-order valence-corrected chi connectivity index (χ3v) is 5.50. The van der Waals surface area contributed by atoms with Crippen molar-refractivity contribution in [1.29, 1.82) is 0 Å². The number of ether oxygens (including phenoxy) is 1. The molecule has 0 bridgehead atoms. The van der Waals surface area contributed by atoms with Crippen LogP contribution in [0.15, 0.2) is 0 Å². The summed E-state index contributed by atoms with van der Waals surface area (Å²) in [7, 11) is 0. The Bertz CT molecular complexity index is 500. The van der Waals surface area contributed by atoms with Gasteiger partial charge in [-0.1, -0.05) is 18.3 Å². The Labute approximate surface area is 131 Å². The summed E-state index contributed by atoms with van der Waals surface area (Å²) in [6.45, 7) is 11.6. The van der Waals surface area contributed by atoms with Gasteiger partial charge in [0.2, 0.25) is 0 Å². The maximum Gasteiger partial charge on any atom is 0.186 e. The highest BCUT2D eigenvalue weighted by Gasteiger charge is 2.34. The second-order valence-electron chi connectivity index (χ2n) is 6.88. The van der Waals surface area contributed by atoms with E-state index in [-0.39, 0.29) is 11.7 Å². The van der Waals surface area contributed by atoms with Crippen LogP contribution in [0.4, 0.5) is 5.13 Å². The van der Waals surface area contributed by atoms with E-state index in [1.54, 1.807) is 0 Å². The van der Waals surface area contributed by atoms with E-state index in [9.17, 15) is 0 Å². The summed E-state index contributed by atoms with van der Waals surface area (Å²) in [5.74, 6) is 0. The Morgan fingerprint density at radius 3 is 3.00 bits per heavy atom. The third kappa shape index (κ3) is 3.25. The van der Waals surface area contributed by atoms with Gasteiger partial charge in [-0.3, -0.25) is 0 Å². The first-order valence-electron chi connectivity index (χ1n) is 8.14. The lowest BCUT2D eigenvalue weighted by Gasteiger charge is -2.41. The van der Waals surface area contributed by atoms with Crippen LogP contribution < -0.4 is 10.2 Å². The molecular formula is C16H27N3OS. The molecule has 1 fully saturated rings. The fraction of sp³-hybridized carbons (Fsp3) is 0.812. The highest BCUT2D eigenvalue weighted by Crippen LogP contribution is 2.38. The van der Waals surface area contributed by atoms with Gasteiger partial charge in [0.1, 0.15) is 0 Å². The minimum Gasteiger partial charge on any atom is -0.369 e. The van der Waals surface area contributed by atoms with Crippen LogP contribution >= 0.6 is 11.3 Å². The van der Waals surface area contributed by atoms with E-state index in [1.807, 2.05) is 11.3 Å². The number of hydrogen-bond donors (Lipinski definition) is 1. The van der Waals surface area contributed by atoms with Crippen molar-refractivity contribution < 1.29 is 4.74 Å². The smallest absolute Gasteiger partial charge is 0.186 e. The van der Waals surface area contributed by atoms with Crippen LogP contribution in [0.25, 0.3) is 0 Å². The van der Waals surface area contributed by atoms with Crippen molar-refractivity contribution in [1.82, 2.24) is 10.3 Å². The van der Waals surface area contributed by atoms with Gasteiger partial charge in [0.15, 0.2) is 5.13 Å². The summed E-state index contributed by atoms with van der Waals surface area (Å²) >= 11 is 1.89. The Kier molecular flexibility index (Phi) is 4.26. The van der Waals surface area contributed by atoms with Gasteiger partial charge in [-0.15, -0.1) is 0 Å². The molecular weight excluding hydrogens is 282 g/mol. The van der Waals surface area contributed by atoms with Crippen molar-refractivity contribution >= 4 is 16.5 Å². The molecule has 5 heteroatoms. The molecule has 0 amide bonds. The Hall–Kier alpha value is -0.650. The van der Waals surface area contributed by atoms with Crippen molar-refractivity contribution in [3.8, 4) is 0 Å². The normalized spacial score (nSPS) is 28.5. The monoisotopic (exact) mass is 309 g/mol. The molecule has 2 atom stereocenters. The van der Waals surface area contributed by atoms with Gasteiger partial charge in [0.25, 0.3) is 0 Å². The largest absolute Gasteiger partial charge is 0.369 e. The van der Waals surface area contributed by atoms with Crippen LogP contribution in [0.5, 0.6) is 0 Å². The van der Waals surface area contributed by atoms with E-state index in [0.29, 0.717) is 6.04 Å². The lowest BCUT2D eigenvalue weighted by atomic mass is 9.98. The predicted molar refractivity (Wildman–Crippen MR) is 88.3 cm³/mol. The van der Waals surface area contributed by atoms with Crippen LogP contribution in [0, 0.1) is 0 Å². The fourth-order valence-corrected chi connectivity index (χ4v) is 4.81. The van der Waals surface area contributed by atoms with E-state index >= 15 is 0 Å². The van der Waals surface area contributed by atoms with E-state index in [0.717, 1.165) is 26.1 Å². The molecule has 0 saturated carbocycles. The highest BCUT2D eigenvalue weighted by molar-refractivity contribution is 7.15. The van der Waals surface area contributed by atoms with Gasteiger partial charge in [0, 0.05) is 24.0 Å². The first-order chi connectivity index (χ1) is 9.98. The number of nitrogens with one attached hydrogen (secondary N) is 1. The molecule has 1 aromatic rings. The topological polar surface area (TPSA) is 37.4 Å². The number of thiazole rings is 1. The summed E-state index contributed by atoms with van der Waals surface area (Å²) in [4.78, 5) is 8.84. The summed E-state index contributed by atoms with van der Waals surface area (Å²) in [5.41, 5.74) is 1.23. The molecule has 21 heavy (non-hydrogen) atoms. The highest BCUT2D eigenvalue weighted by atomic mass is 32.1. The van der Waals surface area contributed by atoms with Gasteiger partial charge in [-0.2, -0.15) is 0 Å². The quantitative estimate of drug-likeness (QED) is 0.931. The SMILES string of the molecule is CCNC1CCCc2nc(N3CC(C)OC(C)(C)C3)sc21. The van der Waals surface area contributed by atoms with Crippen LogP contribution in [0.1, 0.15) is 57.1 Å². The zero-order valence-electron chi connectivity index (χ0n) is 13.6. The molecule has 2 unspecified atom stereocenters. The summed E-state index contributed by atoms with van der Waals surface area (Å²) < 4.78 is 6.01. The molecule has 3 rings (SSSR count). The standard InChI is InChI=1S/C16H27N3OS/c1-5-17-12-7-6-8-13-14(12)21-15(18-13)19-9-11(2)20-16(3,4)10-19/h11-12,17H,5-10H2,1-4H3. The predicted octanol–water partition coefficient (Wildman–Crippen LogP) is 3.13. The summed E-state index contributed by atoms with van der Waals surface area (Å²) in [6.07, 6.45) is 3.89. The second kappa shape index (κ2) is 5.86. The van der Waals surface area contributed by atoms with Crippen LogP contribution in [0.2, 0.25) is 0 Å². The number of nitrogens with zero attached hydrogens (tertiary/aromatic N) is 2. The van der Waals surface area contributed by atoms with Gasteiger partial charge in [0.05, 0.1) is 17.4 Å². The van der Waals surface area contributed by atoms with Crippen molar-refractivity contribution in [3.63, 3.8) is 0 Å². The molecule has 1 saturated heterocycles. The Morgan fingerprint density at radius 1 is 1.48 bits per heavy atom. The minimum absolute atomic E-state index is 0.0923. The van der Waals surface area contributed by atoms with Crippen molar-refractivity contribution in [2.45, 2.75) is 64.7 Å². The number of hydrogen-bond acceptors (Lipinski definition) is 5. The minimum atomic E-state index is -0.0923.